The first-order valence-electron chi connectivity index (χ1n) is 12.4. The fourth-order valence-corrected chi connectivity index (χ4v) is 5.32. The molecule has 34 heavy (non-hydrogen) atoms. The van der Waals surface area contributed by atoms with Gasteiger partial charge in [0.15, 0.2) is 0 Å². The van der Waals surface area contributed by atoms with Gasteiger partial charge in [-0.1, -0.05) is 128 Å². The molecule has 1 aliphatic carbocycles. The van der Waals surface area contributed by atoms with E-state index in [0.29, 0.717) is 5.92 Å². The third-order valence-corrected chi connectivity index (χ3v) is 7.08. The Labute approximate surface area is 202 Å². The third kappa shape index (κ3) is 4.97. The van der Waals surface area contributed by atoms with Crippen molar-refractivity contribution in [3.05, 3.63) is 132 Å². The summed E-state index contributed by atoms with van der Waals surface area (Å²) in [5, 5.41) is 3.45. The summed E-state index contributed by atoms with van der Waals surface area (Å²) in [6, 6.07) is 39.4. The molecule has 170 valence electrons. The van der Waals surface area contributed by atoms with E-state index < -0.39 is 0 Å². The van der Waals surface area contributed by atoms with Crippen LogP contribution in [-0.2, 0) is 4.79 Å². The molecule has 5 rings (SSSR count). The topological polar surface area (TPSA) is 29.1 Å². The number of nitrogens with one attached hydrogen (secondary N) is 1. The van der Waals surface area contributed by atoms with Crippen molar-refractivity contribution in [3.63, 3.8) is 0 Å². The average molecular weight is 446 g/mol. The van der Waals surface area contributed by atoms with E-state index in [1.54, 1.807) is 0 Å². The molecular weight excluding hydrogens is 414 g/mol. The molecule has 0 bridgehead atoms. The zero-order valence-electron chi connectivity index (χ0n) is 19.4. The number of rotatable bonds is 7. The lowest BCUT2D eigenvalue weighted by Crippen LogP contribution is -2.36. The van der Waals surface area contributed by atoms with E-state index in [4.69, 9.17) is 0 Å². The highest BCUT2D eigenvalue weighted by Crippen LogP contribution is 2.38. The minimum absolute atomic E-state index is 0.112. The van der Waals surface area contributed by atoms with Crippen LogP contribution >= 0.6 is 0 Å². The minimum atomic E-state index is -0.189. The molecule has 1 fully saturated rings. The van der Waals surface area contributed by atoms with Crippen LogP contribution in [0.4, 0.5) is 0 Å². The van der Waals surface area contributed by atoms with Crippen molar-refractivity contribution in [1.29, 1.82) is 0 Å². The molecule has 0 spiro atoms. The summed E-state index contributed by atoms with van der Waals surface area (Å²) < 4.78 is 0. The lowest BCUT2D eigenvalue weighted by atomic mass is 9.83. The van der Waals surface area contributed by atoms with Crippen LogP contribution in [0.25, 0.3) is 11.1 Å². The molecule has 0 unspecified atom stereocenters. The van der Waals surface area contributed by atoms with Crippen LogP contribution in [0.2, 0.25) is 0 Å². The number of hydrogen-bond donors (Lipinski definition) is 1. The summed E-state index contributed by atoms with van der Waals surface area (Å²) in [6.45, 7) is 0. The average Bonchev–Trinajstić information content (AvgIpc) is 3.44. The molecule has 0 aliphatic heterocycles. The highest BCUT2D eigenvalue weighted by atomic mass is 16.2. The van der Waals surface area contributed by atoms with Crippen molar-refractivity contribution in [3.8, 4) is 11.1 Å². The molecular formula is C32H31NO. The molecule has 1 aliphatic rings. The fraction of sp³-hybridized carbons (Fsp3) is 0.219. The van der Waals surface area contributed by atoms with Gasteiger partial charge >= 0.3 is 0 Å². The van der Waals surface area contributed by atoms with Crippen molar-refractivity contribution in [2.24, 2.45) is 5.92 Å². The van der Waals surface area contributed by atoms with Gasteiger partial charge in [-0.25, -0.2) is 0 Å². The van der Waals surface area contributed by atoms with E-state index in [-0.39, 0.29) is 17.9 Å². The lowest BCUT2D eigenvalue weighted by molar-refractivity contribution is -0.124. The zero-order valence-corrected chi connectivity index (χ0v) is 19.4. The van der Waals surface area contributed by atoms with Gasteiger partial charge in [0.1, 0.15) is 0 Å². The van der Waals surface area contributed by atoms with Crippen LogP contribution in [0.5, 0.6) is 0 Å². The maximum absolute atomic E-state index is 13.9. The summed E-state index contributed by atoms with van der Waals surface area (Å²) >= 11 is 0. The molecule has 4 aromatic rings. The number of benzene rings is 4. The molecule has 0 radical (unpaired) electrons. The highest BCUT2D eigenvalue weighted by Gasteiger charge is 2.33. The van der Waals surface area contributed by atoms with Crippen LogP contribution in [-0.4, -0.2) is 5.91 Å². The van der Waals surface area contributed by atoms with Gasteiger partial charge in [0.25, 0.3) is 0 Å². The zero-order chi connectivity index (χ0) is 23.2. The number of hydrogen-bond acceptors (Lipinski definition) is 1. The van der Waals surface area contributed by atoms with Gasteiger partial charge in [0.05, 0.1) is 12.0 Å². The highest BCUT2D eigenvalue weighted by molar-refractivity contribution is 5.85. The van der Waals surface area contributed by atoms with E-state index in [0.717, 1.165) is 29.5 Å². The van der Waals surface area contributed by atoms with Crippen molar-refractivity contribution in [2.75, 3.05) is 0 Å². The first kappa shape index (κ1) is 22.2. The smallest absolute Gasteiger partial charge is 0.228 e. The molecule has 2 nitrogen and oxygen atoms in total. The van der Waals surface area contributed by atoms with Crippen molar-refractivity contribution >= 4 is 5.91 Å². The lowest BCUT2D eigenvalue weighted by Gasteiger charge is -2.27. The standard InChI is InChI=1S/C32H31NO/c34-32(30(27-16-10-11-17-27)26-14-6-2-7-15-26)33-31(28-18-8-3-9-19-28)29-22-20-25(21-23-29)24-12-4-1-5-13-24/h1-9,12-15,18-23,27,30-31H,10-11,16-17H2,(H,33,34)/t30-,31-/m0/s1. The Morgan fingerprint density at radius 2 is 1.06 bits per heavy atom. The molecule has 1 saturated carbocycles. The van der Waals surface area contributed by atoms with Gasteiger partial charge in [-0.3, -0.25) is 4.79 Å². The maximum Gasteiger partial charge on any atom is 0.228 e. The molecule has 0 aromatic heterocycles. The Morgan fingerprint density at radius 1 is 0.588 bits per heavy atom. The Bertz CT molecular complexity index is 1180. The Kier molecular flexibility index (Phi) is 6.86. The van der Waals surface area contributed by atoms with Crippen LogP contribution in [0.1, 0.15) is 54.3 Å². The van der Waals surface area contributed by atoms with E-state index in [2.05, 4.69) is 78.1 Å². The monoisotopic (exact) mass is 445 g/mol. The van der Waals surface area contributed by atoms with Gasteiger partial charge in [-0.15, -0.1) is 0 Å². The molecule has 0 saturated heterocycles. The molecule has 0 heterocycles. The van der Waals surface area contributed by atoms with Crippen LogP contribution in [0.15, 0.2) is 115 Å². The molecule has 4 aromatic carbocycles. The molecule has 2 heteroatoms. The van der Waals surface area contributed by atoms with E-state index in [9.17, 15) is 4.79 Å². The largest absolute Gasteiger partial charge is 0.345 e. The number of amides is 1. The van der Waals surface area contributed by atoms with Crippen LogP contribution in [0.3, 0.4) is 0 Å². The minimum Gasteiger partial charge on any atom is -0.345 e. The molecule has 2 atom stereocenters. The second kappa shape index (κ2) is 10.5. The number of carbonyl (C=O) groups is 1. The van der Waals surface area contributed by atoms with Crippen molar-refractivity contribution < 1.29 is 4.79 Å². The second-order valence-corrected chi connectivity index (χ2v) is 9.27. The second-order valence-electron chi connectivity index (χ2n) is 9.27. The Hall–Kier alpha value is -3.65. The van der Waals surface area contributed by atoms with Gasteiger partial charge in [0.2, 0.25) is 5.91 Å². The normalized spacial score (nSPS) is 15.5. The van der Waals surface area contributed by atoms with Crippen molar-refractivity contribution in [2.45, 2.75) is 37.6 Å². The fourth-order valence-electron chi connectivity index (χ4n) is 5.32. The van der Waals surface area contributed by atoms with Crippen LogP contribution < -0.4 is 5.32 Å². The predicted octanol–water partition coefficient (Wildman–Crippen LogP) is 7.53. The molecule has 1 N–H and O–H groups in total. The molecule has 1 amide bonds. The van der Waals surface area contributed by atoms with Gasteiger partial charge < -0.3 is 5.32 Å². The summed E-state index contributed by atoms with van der Waals surface area (Å²) in [5.41, 5.74) is 5.69. The van der Waals surface area contributed by atoms with E-state index in [1.807, 2.05) is 42.5 Å². The summed E-state index contributed by atoms with van der Waals surface area (Å²) in [6.07, 6.45) is 4.66. The Balaban J connectivity index is 1.46. The number of carbonyl (C=O) groups excluding carboxylic acids is 1. The predicted molar refractivity (Wildman–Crippen MR) is 139 cm³/mol. The first-order chi connectivity index (χ1) is 16.8. The van der Waals surface area contributed by atoms with Gasteiger partial charge in [0, 0.05) is 0 Å². The van der Waals surface area contributed by atoms with Crippen LogP contribution in [0, 0.1) is 5.92 Å². The quantitative estimate of drug-likeness (QED) is 0.313. The van der Waals surface area contributed by atoms with Gasteiger partial charge in [-0.05, 0) is 46.6 Å². The third-order valence-electron chi connectivity index (χ3n) is 7.08. The first-order valence-corrected chi connectivity index (χ1v) is 12.4. The SMILES string of the molecule is O=C(N[C@@H](c1ccccc1)c1ccc(-c2ccccc2)cc1)[C@@H](c1ccccc1)C1CCCC1. The summed E-state index contributed by atoms with van der Waals surface area (Å²) in [7, 11) is 0. The maximum atomic E-state index is 13.9. The Morgan fingerprint density at radius 3 is 1.65 bits per heavy atom. The van der Waals surface area contributed by atoms with E-state index >= 15 is 0 Å². The van der Waals surface area contributed by atoms with Gasteiger partial charge in [-0.2, -0.15) is 0 Å². The summed E-state index contributed by atoms with van der Waals surface area (Å²) in [4.78, 5) is 13.9. The van der Waals surface area contributed by atoms with E-state index in [1.165, 1.54) is 24.0 Å². The van der Waals surface area contributed by atoms with Crippen molar-refractivity contribution in [1.82, 2.24) is 5.32 Å². The summed E-state index contributed by atoms with van der Waals surface area (Å²) in [5.74, 6) is 0.414.